The molecule has 0 aromatic heterocycles. The van der Waals surface area contributed by atoms with Gasteiger partial charge in [-0.25, -0.2) is 0 Å². The largest absolute Gasteiger partial charge is 0.646 e. The van der Waals surface area contributed by atoms with Crippen molar-refractivity contribution in [3.63, 3.8) is 0 Å². The molecule has 13 fully saturated rings. The molecule has 13 aliphatic rings. The molecule has 7 saturated carbocycles. The highest BCUT2D eigenvalue weighted by Gasteiger charge is 2.89. The first-order chi connectivity index (χ1) is 28.9. The molecule has 8 bridgehead atoms. The molecule has 6 saturated heterocycles. The van der Waals surface area contributed by atoms with E-state index in [0.29, 0.717) is 0 Å². The average molecular weight is 990 g/mol. The van der Waals surface area contributed by atoms with Crippen molar-refractivity contribution in [3.8, 4) is 0 Å². The first-order valence-electron chi connectivity index (χ1n) is 25.0. The van der Waals surface area contributed by atoms with Gasteiger partial charge in [0.1, 0.15) is 0 Å². The van der Waals surface area contributed by atoms with Gasteiger partial charge in [0.15, 0.2) is 8.32 Å². The zero-order valence-electron chi connectivity index (χ0n) is 36.6. The van der Waals surface area contributed by atoms with Gasteiger partial charge < -0.3 is 53.5 Å². The van der Waals surface area contributed by atoms with E-state index in [1.54, 1.807) is 0 Å². The quantitative estimate of drug-likeness (QED) is 0.204. The molecule has 0 amide bonds. The summed E-state index contributed by atoms with van der Waals surface area (Å²) in [4.78, 5) is 0. The van der Waals surface area contributed by atoms with E-state index in [4.69, 9.17) is 53.5 Å². The Bertz CT molecular complexity index is 1430. The monoisotopic (exact) mass is 988 g/mol. The van der Waals surface area contributed by atoms with Crippen LogP contribution in [-0.2, 0) is 53.5 Å². The van der Waals surface area contributed by atoms with Gasteiger partial charge in [-0.2, -0.15) is 0 Å². The molecule has 338 valence electrons. The fourth-order valence-electron chi connectivity index (χ4n) is 14.0. The van der Waals surface area contributed by atoms with Crippen LogP contribution in [0.15, 0.2) is 0 Å². The van der Waals surface area contributed by atoms with E-state index in [1.807, 2.05) is 0 Å². The molecule has 7 aliphatic carbocycles. The highest BCUT2D eigenvalue weighted by Crippen LogP contribution is 2.66. The first kappa shape index (κ1) is 42.8. The number of hydrogen-bond acceptors (Lipinski definition) is 13. The van der Waals surface area contributed by atoms with Gasteiger partial charge in [-0.15, -0.1) is 0 Å². The van der Waals surface area contributed by atoms with E-state index in [-0.39, 0.29) is 38.8 Å². The van der Waals surface area contributed by atoms with Gasteiger partial charge in [0, 0.05) is 38.8 Å². The van der Waals surface area contributed by atoms with Crippen molar-refractivity contribution in [1.29, 1.82) is 0 Å². The van der Waals surface area contributed by atoms with Crippen molar-refractivity contribution in [2.45, 2.75) is 238 Å². The van der Waals surface area contributed by atoms with E-state index in [9.17, 15) is 0 Å². The lowest BCUT2D eigenvalue weighted by atomic mass is 10.4. The van der Waals surface area contributed by atoms with Gasteiger partial charge in [0.2, 0.25) is 0 Å². The summed E-state index contributed by atoms with van der Waals surface area (Å²) in [5, 5.41) is 0. The number of hydrogen-bond donors (Lipinski definition) is 0. The standard InChI is InChI=1S/C38H72O13Si9/c1-52(2,3)39-60-49-57(36-26-12-13-27-36)43-54(33-20-6-7-21-33)40-53(32-18-4-5-19-32)41-55(45-57,34-22-8-9-23-34)47-59(51-60,38-30-16-17-31-38)48-56(42-53,35-24-10-11-25-35)46-58(44-54,50-60)37-28-14-15-29-37/h32-38H,4-31H2,1-3H3. The van der Waals surface area contributed by atoms with Crippen LogP contribution in [0.4, 0.5) is 0 Å². The van der Waals surface area contributed by atoms with Crippen molar-refractivity contribution >= 4 is 79.0 Å². The van der Waals surface area contributed by atoms with Crippen LogP contribution in [0, 0.1) is 0 Å². The summed E-state index contributed by atoms with van der Waals surface area (Å²) in [5.74, 6) is 0. The van der Waals surface area contributed by atoms with E-state index >= 15 is 0 Å². The topological polar surface area (TPSA) is 120 Å². The van der Waals surface area contributed by atoms with Crippen molar-refractivity contribution < 1.29 is 53.5 Å². The van der Waals surface area contributed by atoms with Gasteiger partial charge in [0.05, 0.1) is 0 Å². The summed E-state index contributed by atoms with van der Waals surface area (Å²) >= 11 is 0. The van der Waals surface area contributed by atoms with E-state index in [0.717, 1.165) is 180 Å². The maximum absolute atomic E-state index is 8.43. The maximum Gasteiger partial charge on any atom is 0.646 e. The minimum Gasteiger partial charge on any atom is -0.396 e. The Kier molecular flexibility index (Phi) is 11.0. The van der Waals surface area contributed by atoms with Gasteiger partial charge in [0.25, 0.3) is 0 Å². The molecule has 13 nitrogen and oxygen atoms in total. The summed E-state index contributed by atoms with van der Waals surface area (Å²) in [5.41, 5.74) is 0.229. The summed E-state index contributed by atoms with van der Waals surface area (Å²) in [6.07, 6.45) is 28.9. The predicted octanol–water partition coefficient (Wildman–Crippen LogP) is 10.7. The molecule has 13 rings (SSSR count). The molecule has 0 radical (unpaired) electrons. The van der Waals surface area contributed by atoms with Crippen LogP contribution in [-0.4, -0.2) is 79.0 Å². The Labute approximate surface area is 368 Å². The molecule has 0 spiro atoms. The second kappa shape index (κ2) is 15.5. The Morgan fingerprint density at radius 1 is 0.267 bits per heavy atom. The van der Waals surface area contributed by atoms with Crippen molar-refractivity contribution in [1.82, 2.24) is 0 Å². The van der Waals surface area contributed by atoms with Crippen LogP contribution in [0.25, 0.3) is 0 Å². The van der Waals surface area contributed by atoms with E-state index in [1.165, 1.54) is 0 Å². The minimum absolute atomic E-state index is 0.00491. The lowest BCUT2D eigenvalue weighted by molar-refractivity contribution is -0.0609. The zero-order chi connectivity index (χ0) is 40.5. The molecule has 0 N–H and O–H groups in total. The molecule has 0 unspecified atom stereocenters. The molecule has 6 aliphatic heterocycles. The third-order valence-electron chi connectivity index (χ3n) is 16.8. The Balaban J connectivity index is 1.19. The first-order valence-corrected chi connectivity index (χ1v) is 42.7. The summed E-state index contributed by atoms with van der Waals surface area (Å²) in [6, 6.07) is 0. The summed E-state index contributed by atoms with van der Waals surface area (Å²) in [6.45, 7) is 6.68. The third-order valence-corrected chi connectivity index (χ3v) is 58.2. The molecular weight excluding hydrogens is 917 g/mol. The molecule has 6 heterocycles. The SMILES string of the molecule is C[Si](C)(C)O[Si]12O[Si]3(C4CCCC4)O[Si]4(C5CCCC5)O[Si](C5CCCC5)(O1)O[Si]1(C5CCCC5)O[Si](C5CCCC5)(O2)O[Si](C2CCCC2)(O3)O[Si](C2CCCC2)(O4)O1. The molecule has 60 heavy (non-hydrogen) atoms. The summed E-state index contributed by atoms with van der Waals surface area (Å²) < 4.78 is 108. The smallest absolute Gasteiger partial charge is 0.396 e. The van der Waals surface area contributed by atoms with Crippen LogP contribution in [0.1, 0.15) is 180 Å². The highest BCUT2D eigenvalue weighted by atomic mass is 28.6. The summed E-state index contributed by atoms with van der Waals surface area (Å²) in [7, 11) is -34.5. The molecule has 0 aromatic rings. The minimum atomic E-state index is -4.36. The van der Waals surface area contributed by atoms with Crippen molar-refractivity contribution in [2.75, 3.05) is 0 Å². The van der Waals surface area contributed by atoms with E-state index in [2.05, 4.69) is 19.6 Å². The highest BCUT2D eigenvalue weighted by molar-refractivity contribution is 7.04. The average Bonchev–Trinajstić information content (AvgIpc) is 4.03. The Morgan fingerprint density at radius 2 is 0.417 bits per heavy atom. The van der Waals surface area contributed by atoms with Gasteiger partial charge in [-0.3, -0.25) is 0 Å². The molecule has 0 atom stereocenters. The number of rotatable bonds is 9. The zero-order valence-corrected chi connectivity index (χ0v) is 45.6. The van der Waals surface area contributed by atoms with Crippen LogP contribution in [0.2, 0.25) is 58.4 Å². The molecular formula is C38H72O13Si9. The van der Waals surface area contributed by atoms with Gasteiger partial charge in [-0.05, 0) is 110 Å². The normalized spacial score (nSPS) is 49.0. The lowest BCUT2D eigenvalue weighted by Gasteiger charge is -2.66. The Hall–Kier alpha value is 1.43. The Morgan fingerprint density at radius 3 is 0.567 bits per heavy atom. The lowest BCUT2D eigenvalue weighted by Crippen LogP contribution is -2.91. The van der Waals surface area contributed by atoms with Gasteiger partial charge >= 0.3 is 70.7 Å². The molecule has 0 aromatic carbocycles. The fraction of sp³-hybridized carbons (Fsp3) is 1.00. The van der Waals surface area contributed by atoms with Gasteiger partial charge in [-0.1, -0.05) is 89.9 Å². The second-order valence-corrected chi connectivity index (χ2v) is 52.0. The van der Waals surface area contributed by atoms with Crippen LogP contribution in [0.5, 0.6) is 0 Å². The fourth-order valence-corrected chi connectivity index (χ4v) is 71.8. The van der Waals surface area contributed by atoms with Crippen molar-refractivity contribution in [2.24, 2.45) is 0 Å². The van der Waals surface area contributed by atoms with E-state index < -0.39 is 79.0 Å². The third kappa shape index (κ3) is 6.99. The predicted molar refractivity (Wildman–Crippen MR) is 239 cm³/mol. The molecule has 22 heteroatoms. The van der Waals surface area contributed by atoms with Crippen LogP contribution >= 0.6 is 0 Å². The maximum atomic E-state index is 8.43. The van der Waals surface area contributed by atoms with Crippen molar-refractivity contribution in [3.05, 3.63) is 0 Å². The van der Waals surface area contributed by atoms with Crippen LogP contribution < -0.4 is 0 Å². The second-order valence-electron chi connectivity index (χ2n) is 22.0. The van der Waals surface area contributed by atoms with Crippen LogP contribution in [0.3, 0.4) is 0 Å².